The van der Waals surface area contributed by atoms with Crippen molar-refractivity contribution < 1.29 is 0 Å². The number of halogens is 1. The monoisotopic (exact) mass is 228 g/mol. The van der Waals surface area contributed by atoms with Crippen LogP contribution in [0, 0.1) is 0 Å². The maximum atomic E-state index is 5.43. The van der Waals surface area contributed by atoms with E-state index in [9.17, 15) is 0 Å². The number of hydrogen-bond acceptors (Lipinski definition) is 4. The van der Waals surface area contributed by atoms with Crippen LogP contribution >= 0.6 is 12.4 Å². The molecular formula is C10H17ClN4. The first-order valence-electron chi connectivity index (χ1n) is 5.14. The summed E-state index contributed by atoms with van der Waals surface area (Å²) in [6.45, 7) is 1.72. The van der Waals surface area contributed by atoms with Gasteiger partial charge in [-0.05, 0) is 25.9 Å². The Bertz CT molecular complexity index is 282. The molecule has 0 spiro atoms. The summed E-state index contributed by atoms with van der Waals surface area (Å²) >= 11 is 0. The summed E-state index contributed by atoms with van der Waals surface area (Å²) in [7, 11) is 0. The summed E-state index contributed by atoms with van der Waals surface area (Å²) in [6.07, 6.45) is 7.04. The third kappa shape index (κ3) is 3.12. The minimum atomic E-state index is 0. The SMILES string of the molecule is Cl.NCCc1ncc(C2CCCN2)cn1. The highest BCUT2D eigenvalue weighted by Gasteiger charge is 2.16. The lowest BCUT2D eigenvalue weighted by atomic mass is 10.1. The van der Waals surface area contributed by atoms with Crippen molar-refractivity contribution in [3.8, 4) is 0 Å². The van der Waals surface area contributed by atoms with Crippen molar-refractivity contribution in [2.75, 3.05) is 13.1 Å². The summed E-state index contributed by atoms with van der Waals surface area (Å²) in [5.41, 5.74) is 6.63. The van der Waals surface area contributed by atoms with Crippen LogP contribution < -0.4 is 11.1 Å². The van der Waals surface area contributed by atoms with Crippen LogP contribution in [-0.4, -0.2) is 23.1 Å². The minimum absolute atomic E-state index is 0. The van der Waals surface area contributed by atoms with E-state index in [1.165, 1.54) is 18.4 Å². The first kappa shape index (κ1) is 12.4. The minimum Gasteiger partial charge on any atom is -0.330 e. The zero-order valence-electron chi connectivity index (χ0n) is 8.65. The molecule has 1 aliphatic heterocycles. The van der Waals surface area contributed by atoms with Crippen LogP contribution in [0.1, 0.15) is 30.3 Å². The van der Waals surface area contributed by atoms with Crippen LogP contribution in [0.4, 0.5) is 0 Å². The second kappa shape index (κ2) is 6.00. The third-order valence-electron chi connectivity index (χ3n) is 2.56. The van der Waals surface area contributed by atoms with Gasteiger partial charge in [0.05, 0.1) is 0 Å². The quantitative estimate of drug-likeness (QED) is 0.804. The highest BCUT2D eigenvalue weighted by molar-refractivity contribution is 5.85. The Morgan fingerprint density at radius 3 is 2.67 bits per heavy atom. The lowest BCUT2D eigenvalue weighted by Gasteiger charge is -2.09. The molecule has 1 saturated heterocycles. The molecular weight excluding hydrogens is 212 g/mol. The van der Waals surface area contributed by atoms with Crippen LogP contribution in [0.25, 0.3) is 0 Å². The molecule has 0 radical (unpaired) electrons. The number of nitrogens with two attached hydrogens (primary N) is 1. The molecule has 0 aromatic carbocycles. The lowest BCUT2D eigenvalue weighted by molar-refractivity contribution is 0.638. The molecule has 1 unspecified atom stereocenters. The molecule has 15 heavy (non-hydrogen) atoms. The fraction of sp³-hybridized carbons (Fsp3) is 0.600. The first-order valence-corrected chi connectivity index (χ1v) is 5.14. The zero-order chi connectivity index (χ0) is 9.80. The van der Waals surface area contributed by atoms with Gasteiger partial charge in [-0.3, -0.25) is 0 Å². The Labute approximate surface area is 96.1 Å². The molecule has 2 heterocycles. The van der Waals surface area contributed by atoms with E-state index in [0.29, 0.717) is 12.6 Å². The van der Waals surface area contributed by atoms with Gasteiger partial charge in [0.25, 0.3) is 0 Å². The van der Waals surface area contributed by atoms with Gasteiger partial charge in [-0.1, -0.05) is 0 Å². The molecule has 2 rings (SSSR count). The van der Waals surface area contributed by atoms with Crippen molar-refractivity contribution in [2.24, 2.45) is 5.73 Å². The van der Waals surface area contributed by atoms with Crippen molar-refractivity contribution in [1.82, 2.24) is 15.3 Å². The van der Waals surface area contributed by atoms with Crippen molar-refractivity contribution in [3.63, 3.8) is 0 Å². The van der Waals surface area contributed by atoms with E-state index in [2.05, 4.69) is 15.3 Å². The van der Waals surface area contributed by atoms with E-state index >= 15 is 0 Å². The first-order chi connectivity index (χ1) is 6.90. The molecule has 4 nitrogen and oxygen atoms in total. The number of hydrogen-bond donors (Lipinski definition) is 2. The molecule has 3 N–H and O–H groups in total. The van der Waals surface area contributed by atoms with Crippen LogP contribution in [0.15, 0.2) is 12.4 Å². The van der Waals surface area contributed by atoms with E-state index in [-0.39, 0.29) is 12.4 Å². The largest absolute Gasteiger partial charge is 0.330 e. The Hall–Kier alpha value is -0.710. The van der Waals surface area contributed by atoms with Crippen molar-refractivity contribution in [1.29, 1.82) is 0 Å². The standard InChI is InChI=1S/C10H16N4.ClH/c11-4-3-10-13-6-8(7-14-10)9-2-1-5-12-9;/h6-7,9,12H,1-5,11H2;1H. The van der Waals surface area contributed by atoms with Gasteiger partial charge in [0.2, 0.25) is 0 Å². The Kier molecular flexibility index (Phi) is 4.94. The van der Waals surface area contributed by atoms with E-state index in [0.717, 1.165) is 18.8 Å². The Balaban J connectivity index is 0.00000112. The maximum Gasteiger partial charge on any atom is 0.129 e. The molecule has 0 bridgehead atoms. The highest BCUT2D eigenvalue weighted by Crippen LogP contribution is 2.21. The summed E-state index contributed by atoms with van der Waals surface area (Å²) in [4.78, 5) is 8.56. The van der Waals surface area contributed by atoms with Gasteiger partial charge in [-0.25, -0.2) is 9.97 Å². The fourth-order valence-corrected chi connectivity index (χ4v) is 1.77. The van der Waals surface area contributed by atoms with E-state index in [1.807, 2.05) is 12.4 Å². The van der Waals surface area contributed by atoms with Gasteiger partial charge >= 0.3 is 0 Å². The Morgan fingerprint density at radius 2 is 2.13 bits per heavy atom. The number of nitrogens with zero attached hydrogens (tertiary/aromatic N) is 2. The normalized spacial score (nSPS) is 19.9. The average molecular weight is 229 g/mol. The van der Waals surface area contributed by atoms with E-state index < -0.39 is 0 Å². The highest BCUT2D eigenvalue weighted by atomic mass is 35.5. The maximum absolute atomic E-state index is 5.43. The van der Waals surface area contributed by atoms with Gasteiger partial charge in [0, 0.05) is 30.4 Å². The smallest absolute Gasteiger partial charge is 0.129 e. The number of nitrogens with one attached hydrogen (secondary N) is 1. The third-order valence-corrected chi connectivity index (χ3v) is 2.56. The van der Waals surface area contributed by atoms with Crippen LogP contribution in [0.3, 0.4) is 0 Å². The molecule has 5 heteroatoms. The molecule has 1 aromatic heterocycles. The second-order valence-corrected chi connectivity index (χ2v) is 3.62. The molecule has 0 aliphatic carbocycles. The lowest BCUT2D eigenvalue weighted by Crippen LogP contribution is -2.14. The van der Waals surface area contributed by atoms with E-state index in [4.69, 9.17) is 5.73 Å². The summed E-state index contributed by atoms with van der Waals surface area (Å²) in [5.74, 6) is 0.842. The van der Waals surface area contributed by atoms with Gasteiger partial charge in [-0.2, -0.15) is 0 Å². The molecule has 0 saturated carbocycles. The van der Waals surface area contributed by atoms with Crippen LogP contribution in [0.2, 0.25) is 0 Å². The number of aromatic nitrogens is 2. The predicted molar refractivity (Wildman–Crippen MR) is 62.0 cm³/mol. The Morgan fingerprint density at radius 1 is 1.40 bits per heavy atom. The molecule has 1 atom stereocenters. The molecule has 1 fully saturated rings. The summed E-state index contributed by atoms with van der Waals surface area (Å²) in [6, 6.07) is 0.460. The molecule has 1 aliphatic rings. The second-order valence-electron chi connectivity index (χ2n) is 3.62. The van der Waals surface area contributed by atoms with Crippen molar-refractivity contribution in [2.45, 2.75) is 25.3 Å². The van der Waals surface area contributed by atoms with Gasteiger partial charge < -0.3 is 11.1 Å². The molecule has 0 amide bonds. The van der Waals surface area contributed by atoms with Crippen LogP contribution in [0.5, 0.6) is 0 Å². The van der Waals surface area contributed by atoms with Gasteiger partial charge in [-0.15, -0.1) is 12.4 Å². The van der Waals surface area contributed by atoms with Gasteiger partial charge in [0.15, 0.2) is 0 Å². The predicted octanol–water partition coefficient (Wildman–Crippen LogP) is 0.824. The van der Waals surface area contributed by atoms with Crippen molar-refractivity contribution >= 4 is 12.4 Å². The summed E-state index contributed by atoms with van der Waals surface area (Å²) in [5, 5.41) is 3.42. The average Bonchev–Trinajstić information content (AvgIpc) is 2.72. The molecule has 84 valence electrons. The molecule has 1 aromatic rings. The number of rotatable bonds is 3. The fourth-order valence-electron chi connectivity index (χ4n) is 1.77. The van der Waals surface area contributed by atoms with Gasteiger partial charge in [0.1, 0.15) is 5.82 Å². The topological polar surface area (TPSA) is 63.8 Å². The van der Waals surface area contributed by atoms with Crippen molar-refractivity contribution in [3.05, 3.63) is 23.8 Å². The van der Waals surface area contributed by atoms with Crippen LogP contribution in [-0.2, 0) is 6.42 Å². The van der Waals surface area contributed by atoms with E-state index in [1.54, 1.807) is 0 Å². The summed E-state index contributed by atoms with van der Waals surface area (Å²) < 4.78 is 0. The zero-order valence-corrected chi connectivity index (χ0v) is 9.46.